The number of hydrogen-bond acceptors (Lipinski definition) is 2. The predicted octanol–water partition coefficient (Wildman–Crippen LogP) is -7.24. The summed E-state index contributed by atoms with van der Waals surface area (Å²) < 4.78 is 0. The SMILES string of the molecule is CC(=O)O.CC(=O)O.O.O.O.O.O.O.O.O.O.[Fe]. The van der Waals surface area contributed by atoms with E-state index in [0.717, 1.165) is 13.8 Å². The van der Waals surface area contributed by atoms with Crippen LogP contribution in [0.5, 0.6) is 0 Å². The molecule has 0 amide bonds. The maximum atomic E-state index is 9.00. The number of rotatable bonds is 0. The van der Waals surface area contributed by atoms with Gasteiger partial charge in [0.1, 0.15) is 0 Å². The van der Waals surface area contributed by atoms with Gasteiger partial charge in [0.2, 0.25) is 0 Å². The van der Waals surface area contributed by atoms with Gasteiger partial charge in [-0.05, 0) is 0 Å². The van der Waals surface area contributed by atoms with E-state index in [0.29, 0.717) is 0 Å². The molecule has 0 fully saturated rings. The van der Waals surface area contributed by atoms with Crippen LogP contribution >= 0.6 is 0 Å². The van der Waals surface area contributed by atoms with Gasteiger partial charge in [-0.15, -0.1) is 0 Å². The quantitative estimate of drug-likeness (QED) is 0.406. The molecule has 0 unspecified atom stereocenters. The van der Waals surface area contributed by atoms with Crippen molar-refractivity contribution >= 4 is 11.9 Å². The fraction of sp³-hybridized carbons (Fsp3) is 0.500. The maximum Gasteiger partial charge on any atom is 0.300 e. The Kier molecular flexibility index (Phi) is 1340. The molecule has 14 heteroatoms. The summed E-state index contributed by atoms with van der Waals surface area (Å²) >= 11 is 0. The van der Waals surface area contributed by atoms with E-state index < -0.39 is 11.9 Å². The van der Waals surface area contributed by atoms with Crippen molar-refractivity contribution < 1.29 is 86.2 Å². The summed E-state index contributed by atoms with van der Waals surface area (Å²) in [5.74, 6) is -1.67. The smallest absolute Gasteiger partial charge is 0.300 e. The normalized spacial score (nSPS) is 2.78. The second-order valence-corrected chi connectivity index (χ2v) is 1.04. The maximum absolute atomic E-state index is 9.00. The van der Waals surface area contributed by atoms with Gasteiger partial charge < -0.3 is 59.5 Å². The molecule has 20 N–H and O–H groups in total. The summed E-state index contributed by atoms with van der Waals surface area (Å²) in [5.41, 5.74) is 0. The van der Waals surface area contributed by atoms with E-state index in [4.69, 9.17) is 19.8 Å². The van der Waals surface area contributed by atoms with Gasteiger partial charge in [-0.3, -0.25) is 9.59 Å². The van der Waals surface area contributed by atoms with Crippen molar-refractivity contribution in [2.75, 3.05) is 0 Å². The van der Waals surface area contributed by atoms with Gasteiger partial charge in [0.25, 0.3) is 11.9 Å². The zero-order chi connectivity index (χ0) is 7.15. The van der Waals surface area contributed by atoms with E-state index in [1.54, 1.807) is 0 Å². The van der Waals surface area contributed by atoms with Crippen molar-refractivity contribution in [3.05, 3.63) is 0 Å². The van der Waals surface area contributed by atoms with Crippen LogP contribution in [0.15, 0.2) is 0 Å². The molecule has 0 atom stereocenters. The first kappa shape index (κ1) is 170. The summed E-state index contributed by atoms with van der Waals surface area (Å²) in [6.07, 6.45) is 0. The average Bonchev–Trinajstić information content (AvgIpc) is 1.25. The molecular weight excluding hydrogens is 312 g/mol. The number of carbonyl (C=O) groups is 2. The Balaban J connectivity index is -0.00000000257. The minimum atomic E-state index is -0.833. The standard InChI is InChI=1S/2C2H4O2.Fe.9H2O/c2*1-2(3)4;;;;;;;;;;/h2*1H3,(H,3,4);;9*1H2. The summed E-state index contributed by atoms with van der Waals surface area (Å²) in [6.45, 7) is 2.17. The molecule has 0 spiro atoms. The number of aliphatic carboxylic acids is 2. The molecule has 0 aromatic heterocycles. The molecule has 0 rings (SSSR count). The first-order valence-electron chi connectivity index (χ1n) is 1.86. The largest absolute Gasteiger partial charge is 0.481 e. The Morgan fingerprint density at radius 2 is 0.556 bits per heavy atom. The van der Waals surface area contributed by atoms with E-state index in [1.807, 2.05) is 0 Å². The van der Waals surface area contributed by atoms with Gasteiger partial charge in [0.15, 0.2) is 0 Å². The first-order chi connectivity index (χ1) is 3.46. The Morgan fingerprint density at radius 1 is 0.556 bits per heavy atom. The summed E-state index contributed by atoms with van der Waals surface area (Å²) in [5, 5.41) is 14.8. The third kappa shape index (κ3) is 3700. The van der Waals surface area contributed by atoms with Crippen molar-refractivity contribution in [1.29, 1.82) is 0 Å². The van der Waals surface area contributed by atoms with Gasteiger partial charge in [-0.25, -0.2) is 0 Å². The van der Waals surface area contributed by atoms with Gasteiger partial charge in [0, 0.05) is 30.9 Å². The Labute approximate surface area is 113 Å². The second kappa shape index (κ2) is 141. The molecule has 0 aliphatic heterocycles. The zero-order valence-electron chi connectivity index (χ0n) is 9.56. The van der Waals surface area contributed by atoms with E-state index in [9.17, 15) is 0 Å². The van der Waals surface area contributed by atoms with Crippen LogP contribution in [0.1, 0.15) is 13.8 Å². The Hall–Kier alpha value is -0.901. The Morgan fingerprint density at radius 3 is 0.556 bits per heavy atom. The fourth-order valence-electron chi connectivity index (χ4n) is 0. The molecule has 0 radical (unpaired) electrons. The fourth-order valence-corrected chi connectivity index (χ4v) is 0. The molecule has 0 aliphatic rings. The van der Waals surface area contributed by atoms with Crippen LogP contribution in [0.3, 0.4) is 0 Å². The number of carboxylic acid groups (broad SMARTS) is 2. The minimum Gasteiger partial charge on any atom is -0.481 e. The molecule has 0 bridgehead atoms. The van der Waals surface area contributed by atoms with Crippen molar-refractivity contribution in [1.82, 2.24) is 0 Å². The van der Waals surface area contributed by atoms with Crippen molar-refractivity contribution in [2.24, 2.45) is 0 Å². The number of carboxylic acids is 2. The second-order valence-electron chi connectivity index (χ2n) is 1.04. The average molecular weight is 338 g/mol. The molecule has 0 aromatic rings. The molecule has 18 heavy (non-hydrogen) atoms. The monoisotopic (exact) mass is 338 g/mol. The minimum absolute atomic E-state index is 0. The van der Waals surface area contributed by atoms with Crippen LogP contribution in [0.25, 0.3) is 0 Å². The zero-order valence-corrected chi connectivity index (χ0v) is 10.7. The summed E-state index contributed by atoms with van der Waals surface area (Å²) in [7, 11) is 0. The van der Waals surface area contributed by atoms with Crippen LogP contribution in [-0.4, -0.2) is 71.4 Å². The third-order valence-electron chi connectivity index (χ3n) is 0. The number of hydrogen-bond donors (Lipinski definition) is 2. The topological polar surface area (TPSA) is 358 Å². The van der Waals surface area contributed by atoms with Gasteiger partial charge in [-0.1, -0.05) is 0 Å². The van der Waals surface area contributed by atoms with Crippen LogP contribution < -0.4 is 0 Å². The van der Waals surface area contributed by atoms with Gasteiger partial charge in [-0.2, -0.15) is 0 Å². The van der Waals surface area contributed by atoms with Gasteiger partial charge >= 0.3 is 0 Å². The third-order valence-corrected chi connectivity index (χ3v) is 0. The molecule has 0 saturated carbocycles. The summed E-state index contributed by atoms with van der Waals surface area (Å²) in [4.78, 5) is 18.0. The van der Waals surface area contributed by atoms with Crippen molar-refractivity contribution in [3.63, 3.8) is 0 Å². The van der Waals surface area contributed by atoms with Crippen LogP contribution in [0, 0.1) is 0 Å². The summed E-state index contributed by atoms with van der Waals surface area (Å²) in [6, 6.07) is 0. The molecule has 0 saturated heterocycles. The van der Waals surface area contributed by atoms with Crippen LogP contribution in [0.4, 0.5) is 0 Å². The molecule has 0 heterocycles. The molecule has 13 nitrogen and oxygen atoms in total. The predicted molar refractivity (Wildman–Crippen MR) is 59.1 cm³/mol. The van der Waals surface area contributed by atoms with E-state index in [1.165, 1.54) is 0 Å². The first-order valence-corrected chi connectivity index (χ1v) is 1.86. The van der Waals surface area contributed by atoms with E-state index >= 15 is 0 Å². The van der Waals surface area contributed by atoms with E-state index in [2.05, 4.69) is 0 Å². The molecular formula is C4H26FeO13. The van der Waals surface area contributed by atoms with E-state index in [-0.39, 0.29) is 66.4 Å². The molecule has 0 aromatic carbocycles. The molecule has 128 valence electrons. The van der Waals surface area contributed by atoms with Crippen molar-refractivity contribution in [3.8, 4) is 0 Å². The van der Waals surface area contributed by atoms with Crippen molar-refractivity contribution in [2.45, 2.75) is 13.8 Å². The van der Waals surface area contributed by atoms with Crippen LogP contribution in [0.2, 0.25) is 0 Å². The molecule has 0 aliphatic carbocycles. The Bertz CT molecular complexity index is 77.0. The van der Waals surface area contributed by atoms with Gasteiger partial charge in [0.05, 0.1) is 0 Å². The van der Waals surface area contributed by atoms with Crippen LogP contribution in [-0.2, 0) is 26.7 Å².